The highest BCUT2D eigenvalue weighted by Gasteiger charge is 2.57. The van der Waals surface area contributed by atoms with Gasteiger partial charge in [0.2, 0.25) is 12.2 Å². The lowest BCUT2D eigenvalue weighted by Gasteiger charge is -2.47. The van der Waals surface area contributed by atoms with Gasteiger partial charge in [-0.05, 0) is 24.1 Å². The smallest absolute Gasteiger partial charge is 0.242 e. The highest BCUT2D eigenvalue weighted by atomic mass is 16.7. The summed E-state index contributed by atoms with van der Waals surface area (Å²) in [5.41, 5.74) is 5.20. The van der Waals surface area contributed by atoms with Crippen LogP contribution in [-0.2, 0) is 19.1 Å². The molecule has 3 aromatic rings. The lowest BCUT2D eigenvalue weighted by Crippen LogP contribution is -2.70. The van der Waals surface area contributed by atoms with Gasteiger partial charge in [-0.25, -0.2) is 0 Å². The maximum absolute atomic E-state index is 14.5. The Morgan fingerprint density at radius 3 is 2.53 bits per heavy atom. The Morgan fingerprint density at radius 2 is 1.78 bits per heavy atom. The van der Waals surface area contributed by atoms with Gasteiger partial charge < -0.3 is 59.5 Å². The van der Waals surface area contributed by atoms with Crippen molar-refractivity contribution in [3.05, 3.63) is 88.0 Å². The highest BCUT2D eigenvalue weighted by molar-refractivity contribution is 6.29. The van der Waals surface area contributed by atoms with E-state index < -0.39 is 91.9 Å². The zero-order valence-corrected chi connectivity index (χ0v) is 31.2. The summed E-state index contributed by atoms with van der Waals surface area (Å²) in [5.74, 6) is -2.70. The molecule has 0 radical (unpaired) electrons. The van der Waals surface area contributed by atoms with E-state index in [4.69, 9.17) is 24.7 Å². The summed E-state index contributed by atoms with van der Waals surface area (Å²) in [4.78, 5) is 55.2. The fourth-order valence-corrected chi connectivity index (χ4v) is 8.55. The molecule has 18 heteroatoms. The van der Waals surface area contributed by atoms with Crippen molar-refractivity contribution in [2.75, 3.05) is 38.0 Å². The Balaban J connectivity index is 1.37. The summed E-state index contributed by atoms with van der Waals surface area (Å²) in [6.07, 6.45) is -9.60. The van der Waals surface area contributed by atoms with Crippen LogP contribution in [0.4, 0.5) is 5.69 Å². The van der Waals surface area contributed by atoms with Crippen LogP contribution >= 0.6 is 0 Å². The Morgan fingerprint density at radius 1 is 1.03 bits per heavy atom. The molecule has 0 saturated carbocycles. The molecular formula is C40H45N5O13. The van der Waals surface area contributed by atoms with Gasteiger partial charge in [0.15, 0.2) is 28.7 Å². The molecule has 308 valence electrons. The third kappa shape index (κ3) is 6.84. The van der Waals surface area contributed by atoms with Crippen LogP contribution < -0.4 is 36.1 Å². The Bertz CT molecular complexity index is 2100. The molecule has 1 aliphatic carbocycles. The Hall–Kier alpha value is -4.86. The van der Waals surface area contributed by atoms with Crippen molar-refractivity contribution in [1.82, 2.24) is 16.0 Å². The molecule has 0 aromatic heterocycles. The van der Waals surface area contributed by atoms with Crippen LogP contribution in [0.25, 0.3) is 0 Å². The fourth-order valence-electron chi connectivity index (χ4n) is 8.55. The number of nitrogens with one attached hydrogen (secondary N) is 3. The van der Waals surface area contributed by atoms with Gasteiger partial charge in [-0.3, -0.25) is 30.8 Å². The van der Waals surface area contributed by atoms with E-state index in [2.05, 4.69) is 16.0 Å². The summed E-state index contributed by atoms with van der Waals surface area (Å²) in [6, 6.07) is 14.4. The van der Waals surface area contributed by atoms with E-state index in [0.717, 1.165) is 0 Å². The molecule has 10 atom stereocenters. The van der Waals surface area contributed by atoms with Crippen LogP contribution in [0.15, 0.2) is 54.6 Å². The van der Waals surface area contributed by atoms with E-state index in [9.17, 15) is 44.7 Å². The number of aliphatic hydroxyl groups excluding tert-OH is 4. The van der Waals surface area contributed by atoms with Gasteiger partial charge in [0, 0.05) is 59.9 Å². The van der Waals surface area contributed by atoms with Crippen molar-refractivity contribution in [2.45, 2.75) is 80.0 Å². The van der Waals surface area contributed by atoms with Gasteiger partial charge >= 0.3 is 0 Å². The molecule has 4 aliphatic heterocycles. The van der Waals surface area contributed by atoms with Gasteiger partial charge in [0.1, 0.15) is 49.7 Å². The second kappa shape index (κ2) is 16.1. The third-order valence-corrected chi connectivity index (χ3v) is 11.5. The van der Waals surface area contributed by atoms with Crippen LogP contribution in [0.1, 0.15) is 68.2 Å². The van der Waals surface area contributed by atoms with Crippen LogP contribution in [0, 0.1) is 0 Å². The number of amides is 1. The first-order chi connectivity index (χ1) is 28.0. The molecule has 4 heterocycles. The average molecular weight is 804 g/mol. The van der Waals surface area contributed by atoms with Crippen molar-refractivity contribution in [2.24, 2.45) is 5.73 Å². The van der Waals surface area contributed by atoms with Crippen LogP contribution in [0.3, 0.4) is 0 Å². The molecule has 18 nitrogen and oxygen atoms in total. The normalized spacial score (nSPS) is 31.1. The number of aliphatic hydroxyl groups is 5. The first-order valence-corrected chi connectivity index (χ1v) is 19.1. The zero-order valence-electron chi connectivity index (χ0n) is 31.2. The monoisotopic (exact) mass is 803 g/mol. The second-order valence-electron chi connectivity index (χ2n) is 15.0. The minimum atomic E-state index is -2.44. The lowest BCUT2D eigenvalue weighted by molar-refractivity contribution is -0.324. The predicted molar refractivity (Wildman–Crippen MR) is 201 cm³/mol. The zero-order chi connectivity index (χ0) is 40.9. The SMILES string of the molecule is N[C@H]1NC(=O)[C@H]2NCN(c3ccccc3[C@@H]3CCOC[C@@H]4O[C@H](Oc5c3cc3c(c5OC[C@H](O)CC=O)C(=O)c5ccccc5C3=O)[C@](O)(CCO)[C@H](O)[C@H]4O)[C@H]2N1. The van der Waals surface area contributed by atoms with E-state index >= 15 is 0 Å². The molecule has 0 spiro atoms. The molecule has 10 N–H and O–H groups in total. The van der Waals surface area contributed by atoms with E-state index in [1.165, 1.54) is 18.2 Å². The molecule has 2 bridgehead atoms. The first kappa shape index (κ1) is 39.9. The summed E-state index contributed by atoms with van der Waals surface area (Å²) < 4.78 is 25.1. The van der Waals surface area contributed by atoms with E-state index in [0.29, 0.717) is 17.5 Å². The minimum Gasteiger partial charge on any atom is -0.486 e. The van der Waals surface area contributed by atoms with Crippen molar-refractivity contribution in [3.8, 4) is 11.5 Å². The second-order valence-corrected chi connectivity index (χ2v) is 15.0. The van der Waals surface area contributed by atoms with Gasteiger partial charge in [-0.2, -0.15) is 0 Å². The standard InChI is InChI=1S/C40H45N5O13/c41-39-43-36-29(37(53)44-39)42-18-45(36)26-8-4-3-5-21(26)20-10-14-55-17-27-32(51)35(52)40(54,11-13-47)38(57-27)58-33-24(20)15-25-28(34(33)56-16-19(48)9-12-46)31(50)23-7-2-1-6-22(23)30(25)49/h1-8,12,15,19-20,27,29,32,35-36,38-39,42-43,47-48,51-52,54H,9-11,13-14,16-18,41H2,(H,44,53)/t19-,20+,27+,29+,32+,35-,36-,38-,39-,40+/m1/s1. The largest absolute Gasteiger partial charge is 0.486 e. The number of anilines is 1. The van der Waals surface area contributed by atoms with Crippen molar-refractivity contribution < 1.29 is 63.7 Å². The average Bonchev–Trinajstić information content (AvgIpc) is 3.63. The van der Waals surface area contributed by atoms with E-state index in [1.54, 1.807) is 18.2 Å². The molecule has 3 fully saturated rings. The molecule has 0 unspecified atom stereocenters. The van der Waals surface area contributed by atoms with Gasteiger partial charge in [0.25, 0.3) is 0 Å². The maximum atomic E-state index is 14.5. The summed E-state index contributed by atoms with van der Waals surface area (Å²) in [6.45, 7) is -1.21. The lowest BCUT2D eigenvalue weighted by atomic mass is 9.78. The van der Waals surface area contributed by atoms with Gasteiger partial charge in [0.05, 0.1) is 24.9 Å². The number of ketones is 2. The number of hydrogen-bond acceptors (Lipinski definition) is 17. The molecule has 3 saturated heterocycles. The van der Waals surface area contributed by atoms with Gasteiger partial charge in [-0.15, -0.1) is 0 Å². The van der Waals surface area contributed by atoms with Crippen molar-refractivity contribution in [3.63, 3.8) is 0 Å². The first-order valence-electron chi connectivity index (χ1n) is 19.1. The number of carbonyl (C=O) groups is 4. The fraction of sp³-hybridized carbons (Fsp3) is 0.450. The quantitative estimate of drug-likeness (QED) is 0.0854. The summed E-state index contributed by atoms with van der Waals surface area (Å²) in [5, 5.41) is 64.4. The van der Waals surface area contributed by atoms with Crippen molar-refractivity contribution >= 4 is 29.4 Å². The number of fused-ring (bicyclic) bond motifs is 6. The number of nitrogens with zero attached hydrogens (tertiary/aromatic N) is 1. The van der Waals surface area contributed by atoms with E-state index in [-0.39, 0.29) is 77.9 Å². The predicted octanol–water partition coefficient (Wildman–Crippen LogP) is -1.69. The molecule has 8 rings (SSSR count). The number of hydrogen-bond donors (Lipinski definition) is 9. The number of benzene rings is 3. The molecule has 3 aromatic carbocycles. The number of carbonyl (C=O) groups excluding carboxylic acids is 4. The maximum Gasteiger partial charge on any atom is 0.242 e. The number of rotatable bonds is 9. The molecule has 1 amide bonds. The van der Waals surface area contributed by atoms with Crippen LogP contribution in [-0.4, -0.2) is 137 Å². The van der Waals surface area contributed by atoms with Gasteiger partial charge in [-0.1, -0.05) is 42.5 Å². The minimum absolute atomic E-state index is 0.0174. The Labute approximate surface area is 331 Å². The summed E-state index contributed by atoms with van der Waals surface area (Å²) >= 11 is 0. The summed E-state index contributed by atoms with van der Waals surface area (Å²) in [7, 11) is 0. The molecule has 5 aliphatic rings. The number of para-hydroxylation sites is 1. The molecular weight excluding hydrogens is 758 g/mol. The van der Waals surface area contributed by atoms with Crippen molar-refractivity contribution in [1.29, 1.82) is 0 Å². The number of aldehydes is 1. The van der Waals surface area contributed by atoms with Crippen LogP contribution in [0.5, 0.6) is 11.5 Å². The van der Waals surface area contributed by atoms with E-state index in [1.807, 2.05) is 23.1 Å². The molecule has 58 heavy (non-hydrogen) atoms. The van der Waals surface area contributed by atoms with Crippen LogP contribution in [0.2, 0.25) is 0 Å². The third-order valence-electron chi connectivity index (χ3n) is 11.5. The Kier molecular flexibility index (Phi) is 11.1. The highest BCUT2D eigenvalue weighted by Crippen LogP contribution is 2.50. The topological polar surface area (TPSA) is 272 Å². The number of nitrogens with two attached hydrogens (primary N) is 1. The number of ether oxygens (including phenoxy) is 4.